The largest absolute Gasteiger partial charge is 0.465 e. The maximum Gasteiger partial charge on any atom is 0.350 e. The maximum absolute atomic E-state index is 12.2. The quantitative estimate of drug-likeness (QED) is 0.828. The van der Waals surface area contributed by atoms with Gasteiger partial charge >= 0.3 is 5.97 Å². The highest BCUT2D eigenvalue weighted by atomic mass is 79.9. The van der Waals surface area contributed by atoms with E-state index in [1.165, 1.54) is 31.6 Å². The van der Waals surface area contributed by atoms with Gasteiger partial charge in [0.05, 0.1) is 12.8 Å². The fraction of sp³-hybridized carbons (Fsp3) is 0.0909. The number of rotatable bonds is 4. The number of halogens is 1. The lowest BCUT2D eigenvalue weighted by atomic mass is 10.4. The average Bonchev–Trinajstić information content (AvgIpc) is 2.85. The molecule has 0 saturated heterocycles. The number of carbonyl (C=O) groups excluding carboxylic acids is 1. The zero-order valence-electron chi connectivity index (χ0n) is 10.2. The van der Waals surface area contributed by atoms with E-state index >= 15 is 0 Å². The van der Waals surface area contributed by atoms with Crippen molar-refractivity contribution in [2.24, 2.45) is 0 Å². The van der Waals surface area contributed by atoms with Crippen molar-refractivity contribution in [3.05, 3.63) is 39.3 Å². The third kappa shape index (κ3) is 3.17. The Morgan fingerprint density at radius 3 is 2.85 bits per heavy atom. The first-order valence-corrected chi connectivity index (χ1v) is 8.39. The number of hydrogen-bond acceptors (Lipinski definition) is 6. The Morgan fingerprint density at radius 2 is 2.20 bits per heavy atom. The molecule has 2 aromatic heterocycles. The SMILES string of the molecule is COC(=O)c1sccc1NS(=O)(=O)c1cncc(Br)c1. The number of sulfonamides is 1. The molecular weight excluding hydrogens is 368 g/mol. The highest BCUT2D eigenvalue weighted by Crippen LogP contribution is 2.26. The van der Waals surface area contributed by atoms with Crippen molar-refractivity contribution in [3.63, 3.8) is 0 Å². The van der Waals surface area contributed by atoms with Gasteiger partial charge in [0.1, 0.15) is 9.77 Å². The highest BCUT2D eigenvalue weighted by Gasteiger charge is 2.20. The molecule has 0 amide bonds. The molecule has 0 unspecified atom stereocenters. The number of carbonyl (C=O) groups is 1. The maximum atomic E-state index is 12.2. The molecule has 0 aromatic carbocycles. The Balaban J connectivity index is 2.34. The molecule has 0 aliphatic heterocycles. The van der Waals surface area contributed by atoms with Crippen LogP contribution in [0.1, 0.15) is 9.67 Å². The summed E-state index contributed by atoms with van der Waals surface area (Å²) < 4.78 is 31.9. The molecule has 2 aromatic rings. The summed E-state index contributed by atoms with van der Waals surface area (Å²) in [6.07, 6.45) is 2.70. The van der Waals surface area contributed by atoms with Gasteiger partial charge in [-0.05, 0) is 33.4 Å². The molecule has 20 heavy (non-hydrogen) atoms. The molecule has 0 aliphatic carbocycles. The van der Waals surface area contributed by atoms with E-state index in [2.05, 4.69) is 30.4 Å². The van der Waals surface area contributed by atoms with E-state index in [9.17, 15) is 13.2 Å². The van der Waals surface area contributed by atoms with Crippen LogP contribution >= 0.6 is 27.3 Å². The smallest absolute Gasteiger partial charge is 0.350 e. The molecule has 6 nitrogen and oxygen atoms in total. The summed E-state index contributed by atoms with van der Waals surface area (Å²) in [4.78, 5) is 15.5. The lowest BCUT2D eigenvalue weighted by Crippen LogP contribution is -2.15. The van der Waals surface area contributed by atoms with Crippen LogP contribution in [-0.2, 0) is 14.8 Å². The Morgan fingerprint density at radius 1 is 1.45 bits per heavy atom. The van der Waals surface area contributed by atoms with Gasteiger partial charge in [-0.1, -0.05) is 0 Å². The van der Waals surface area contributed by atoms with Crippen molar-refractivity contribution in [1.29, 1.82) is 0 Å². The van der Waals surface area contributed by atoms with Crippen molar-refractivity contribution in [2.45, 2.75) is 4.90 Å². The number of aromatic nitrogens is 1. The Kier molecular flexibility index (Phi) is 4.41. The Hall–Kier alpha value is -1.45. The normalized spacial score (nSPS) is 11.1. The van der Waals surface area contributed by atoms with E-state index in [4.69, 9.17) is 0 Å². The van der Waals surface area contributed by atoms with Crippen molar-refractivity contribution in [2.75, 3.05) is 11.8 Å². The summed E-state index contributed by atoms with van der Waals surface area (Å²) in [7, 11) is -2.58. The number of methoxy groups -OCH3 is 1. The van der Waals surface area contributed by atoms with Gasteiger partial charge in [0.25, 0.3) is 10.0 Å². The number of pyridine rings is 1. The molecule has 0 fully saturated rings. The summed E-state index contributed by atoms with van der Waals surface area (Å²) in [6.45, 7) is 0. The van der Waals surface area contributed by atoms with Gasteiger partial charge in [-0.3, -0.25) is 9.71 Å². The molecule has 0 saturated carbocycles. The molecule has 2 heterocycles. The first-order chi connectivity index (χ1) is 9.44. The molecule has 9 heteroatoms. The number of anilines is 1. The second-order valence-corrected chi connectivity index (χ2v) is 7.11. The molecule has 0 radical (unpaired) electrons. The monoisotopic (exact) mass is 376 g/mol. The zero-order valence-corrected chi connectivity index (χ0v) is 13.4. The minimum absolute atomic E-state index is 0.00566. The number of thiophene rings is 1. The lowest BCUT2D eigenvalue weighted by Gasteiger charge is -2.08. The van der Waals surface area contributed by atoms with Crippen LogP contribution in [0.15, 0.2) is 39.3 Å². The molecule has 0 atom stereocenters. The highest BCUT2D eigenvalue weighted by molar-refractivity contribution is 9.10. The Labute approximate surface area is 128 Å². The van der Waals surface area contributed by atoms with Crippen LogP contribution in [0.2, 0.25) is 0 Å². The van der Waals surface area contributed by atoms with Gasteiger partial charge in [-0.15, -0.1) is 11.3 Å². The van der Waals surface area contributed by atoms with E-state index in [-0.39, 0.29) is 15.5 Å². The summed E-state index contributed by atoms with van der Waals surface area (Å²) in [5, 5.41) is 1.60. The standard InChI is InChI=1S/C11H9BrN2O4S2/c1-18-11(15)10-9(2-3-19-10)14-20(16,17)8-4-7(12)5-13-6-8/h2-6,14H,1H3. The summed E-state index contributed by atoms with van der Waals surface area (Å²) in [5.41, 5.74) is 0.182. The van der Waals surface area contributed by atoms with Crippen LogP contribution in [-0.4, -0.2) is 26.5 Å². The van der Waals surface area contributed by atoms with E-state index in [1.54, 1.807) is 5.38 Å². The molecular formula is C11H9BrN2O4S2. The van der Waals surface area contributed by atoms with Crippen LogP contribution in [0.4, 0.5) is 5.69 Å². The Bertz CT molecular complexity index is 742. The third-order valence-corrected chi connectivity index (χ3v) is 4.93. The first kappa shape index (κ1) is 14.9. The zero-order chi connectivity index (χ0) is 14.8. The van der Waals surface area contributed by atoms with E-state index in [1.807, 2.05) is 0 Å². The van der Waals surface area contributed by atoms with Crippen molar-refractivity contribution >= 4 is 48.9 Å². The topological polar surface area (TPSA) is 85.4 Å². The van der Waals surface area contributed by atoms with Gasteiger partial charge in [0.2, 0.25) is 0 Å². The van der Waals surface area contributed by atoms with Gasteiger partial charge in [-0.2, -0.15) is 0 Å². The molecule has 106 valence electrons. The third-order valence-electron chi connectivity index (χ3n) is 2.27. The summed E-state index contributed by atoms with van der Waals surface area (Å²) in [6, 6.07) is 2.92. The van der Waals surface area contributed by atoms with Crippen LogP contribution in [0.5, 0.6) is 0 Å². The number of nitrogens with one attached hydrogen (secondary N) is 1. The van der Waals surface area contributed by atoms with Gasteiger partial charge in [-0.25, -0.2) is 13.2 Å². The van der Waals surface area contributed by atoms with Crippen molar-refractivity contribution in [1.82, 2.24) is 4.98 Å². The van der Waals surface area contributed by atoms with E-state index in [0.29, 0.717) is 4.47 Å². The second-order valence-electron chi connectivity index (χ2n) is 3.60. The van der Waals surface area contributed by atoms with Gasteiger partial charge < -0.3 is 4.74 Å². The second kappa shape index (κ2) is 5.90. The summed E-state index contributed by atoms with van der Waals surface area (Å²) >= 11 is 4.25. The molecule has 0 aliphatic rings. The minimum Gasteiger partial charge on any atom is -0.465 e. The minimum atomic E-state index is -3.81. The molecule has 0 bridgehead atoms. The van der Waals surface area contributed by atoms with Gasteiger partial charge in [0, 0.05) is 16.9 Å². The number of esters is 1. The molecule has 1 N–H and O–H groups in total. The van der Waals surface area contributed by atoms with Crippen molar-refractivity contribution < 1.29 is 17.9 Å². The summed E-state index contributed by atoms with van der Waals surface area (Å²) in [5.74, 6) is -0.593. The predicted octanol–water partition coefficient (Wildman–Crippen LogP) is 2.49. The van der Waals surface area contributed by atoms with Crippen molar-refractivity contribution in [3.8, 4) is 0 Å². The van der Waals surface area contributed by atoms with Crippen LogP contribution in [0.3, 0.4) is 0 Å². The molecule has 2 rings (SSSR count). The number of ether oxygens (including phenoxy) is 1. The predicted molar refractivity (Wildman–Crippen MR) is 78.4 cm³/mol. The number of hydrogen-bond donors (Lipinski definition) is 1. The fourth-order valence-corrected chi connectivity index (χ4v) is 3.79. The molecule has 0 spiro atoms. The van der Waals surface area contributed by atoms with Crippen LogP contribution in [0.25, 0.3) is 0 Å². The van der Waals surface area contributed by atoms with Crippen LogP contribution in [0, 0.1) is 0 Å². The number of nitrogens with zero attached hydrogens (tertiary/aromatic N) is 1. The fourth-order valence-electron chi connectivity index (χ4n) is 1.38. The first-order valence-electron chi connectivity index (χ1n) is 5.23. The van der Waals surface area contributed by atoms with E-state index in [0.717, 1.165) is 11.3 Å². The van der Waals surface area contributed by atoms with E-state index < -0.39 is 16.0 Å². The lowest BCUT2D eigenvalue weighted by molar-refractivity contribution is 0.0607. The van der Waals surface area contributed by atoms with Crippen LogP contribution < -0.4 is 4.72 Å². The average molecular weight is 377 g/mol. The van der Waals surface area contributed by atoms with Gasteiger partial charge in [0.15, 0.2) is 0 Å².